The van der Waals surface area contributed by atoms with E-state index < -0.39 is 0 Å². The Morgan fingerprint density at radius 3 is 2.08 bits per heavy atom. The van der Waals surface area contributed by atoms with E-state index in [-0.39, 0.29) is 52.9 Å². The van der Waals surface area contributed by atoms with Gasteiger partial charge in [0.2, 0.25) is 0 Å². The Labute approximate surface area is 226 Å². The van der Waals surface area contributed by atoms with Crippen LogP contribution in [-0.2, 0) is 19.1 Å². The van der Waals surface area contributed by atoms with Gasteiger partial charge in [0.1, 0.15) is 17.7 Å². The molecule has 0 aromatic rings. The lowest BCUT2D eigenvalue weighted by Crippen LogP contribution is -2.54. The number of carbonyl (C=O) groups is 3. The number of fused-ring (bicyclic) bond motifs is 5. The number of ether oxygens (including phenoxy) is 1. The Morgan fingerprint density at radius 2 is 1.46 bits per heavy atom. The smallest absolute Gasteiger partial charge is 0.309 e. The van der Waals surface area contributed by atoms with Crippen LogP contribution in [0.2, 0.25) is 0 Å². The topological polar surface area (TPSA) is 60.4 Å². The fraction of sp³-hybridized carbons (Fsp3) is 0.909. The van der Waals surface area contributed by atoms with Crippen molar-refractivity contribution in [2.75, 3.05) is 0 Å². The van der Waals surface area contributed by atoms with Gasteiger partial charge < -0.3 is 4.74 Å². The van der Waals surface area contributed by atoms with Gasteiger partial charge in [0, 0.05) is 18.3 Å². The summed E-state index contributed by atoms with van der Waals surface area (Å²) in [5.41, 5.74) is 0.529. The van der Waals surface area contributed by atoms with E-state index in [9.17, 15) is 14.4 Å². The Balaban J connectivity index is 1.40. The summed E-state index contributed by atoms with van der Waals surface area (Å²) in [6, 6.07) is 0. The predicted molar refractivity (Wildman–Crippen MR) is 148 cm³/mol. The van der Waals surface area contributed by atoms with E-state index in [0.29, 0.717) is 29.5 Å². The minimum absolute atomic E-state index is 0.0107. The molecule has 210 valence electrons. The largest absolute Gasteiger partial charge is 0.462 e. The standard InChI is InChI=1S/C33H54O4/c1-19(2)21(5)30(35)18-26(20(3)4)31(36)37-24-13-15-32(7)23(17-24)9-10-25-28-12-11-27(22(6)34)33(28,8)16-14-29(25)32/h19-21,23-29H,9-18H2,1-8H3/t21?,23?,24?,25?,26?,27-,28?,29?,32+,33-/m1/s1. The Morgan fingerprint density at radius 1 is 0.811 bits per heavy atom. The number of esters is 1. The molecule has 0 amide bonds. The summed E-state index contributed by atoms with van der Waals surface area (Å²) >= 11 is 0. The van der Waals surface area contributed by atoms with Gasteiger partial charge in [-0.3, -0.25) is 14.4 Å². The van der Waals surface area contributed by atoms with Crippen molar-refractivity contribution in [1.82, 2.24) is 0 Å². The highest BCUT2D eigenvalue weighted by molar-refractivity contribution is 5.86. The minimum Gasteiger partial charge on any atom is -0.462 e. The molecule has 10 atom stereocenters. The molecule has 4 saturated carbocycles. The maximum Gasteiger partial charge on any atom is 0.309 e. The van der Waals surface area contributed by atoms with Crippen molar-refractivity contribution in [3.05, 3.63) is 0 Å². The summed E-state index contributed by atoms with van der Waals surface area (Å²) in [4.78, 5) is 38.5. The lowest BCUT2D eigenvalue weighted by Gasteiger charge is -2.61. The lowest BCUT2D eigenvalue weighted by atomic mass is 9.44. The van der Waals surface area contributed by atoms with Crippen molar-refractivity contribution >= 4 is 17.5 Å². The van der Waals surface area contributed by atoms with Crippen molar-refractivity contribution in [1.29, 1.82) is 0 Å². The molecule has 0 radical (unpaired) electrons. The molecule has 7 unspecified atom stereocenters. The summed E-state index contributed by atoms with van der Waals surface area (Å²) in [5, 5.41) is 0. The number of carbonyl (C=O) groups excluding carboxylic acids is 3. The number of rotatable bonds is 8. The Kier molecular flexibility index (Phi) is 8.38. The van der Waals surface area contributed by atoms with E-state index in [4.69, 9.17) is 4.74 Å². The van der Waals surface area contributed by atoms with Gasteiger partial charge in [-0.2, -0.15) is 0 Å². The molecular weight excluding hydrogens is 460 g/mol. The van der Waals surface area contributed by atoms with E-state index in [1.165, 1.54) is 32.1 Å². The third-order valence-corrected chi connectivity index (χ3v) is 12.4. The monoisotopic (exact) mass is 514 g/mol. The highest BCUT2D eigenvalue weighted by Gasteiger charge is 2.61. The van der Waals surface area contributed by atoms with Crippen molar-refractivity contribution in [3.63, 3.8) is 0 Å². The summed E-state index contributed by atoms with van der Waals surface area (Å²) in [6.45, 7) is 17.0. The second-order valence-corrected chi connectivity index (χ2v) is 14.8. The first-order valence-corrected chi connectivity index (χ1v) is 15.5. The Bertz CT molecular complexity index is 876. The fourth-order valence-electron chi connectivity index (χ4n) is 9.61. The van der Waals surface area contributed by atoms with Crippen molar-refractivity contribution < 1.29 is 19.1 Å². The number of Topliss-reactive ketones (excluding diaryl/α,β-unsaturated/α-hetero) is 2. The van der Waals surface area contributed by atoms with Gasteiger partial charge in [-0.15, -0.1) is 0 Å². The van der Waals surface area contributed by atoms with Gasteiger partial charge in [-0.1, -0.05) is 48.5 Å². The van der Waals surface area contributed by atoms with Crippen LogP contribution in [0.1, 0.15) is 120 Å². The molecule has 0 spiro atoms. The fourth-order valence-corrected chi connectivity index (χ4v) is 9.61. The molecule has 0 bridgehead atoms. The lowest BCUT2D eigenvalue weighted by molar-refractivity contribution is -0.169. The van der Waals surface area contributed by atoms with Crippen molar-refractivity contribution in [2.45, 2.75) is 126 Å². The van der Waals surface area contributed by atoms with Gasteiger partial charge in [0.25, 0.3) is 0 Å². The molecule has 0 aliphatic heterocycles. The van der Waals surface area contributed by atoms with Crippen LogP contribution >= 0.6 is 0 Å². The second-order valence-electron chi connectivity index (χ2n) is 14.8. The van der Waals surface area contributed by atoms with Gasteiger partial charge in [-0.05, 0) is 111 Å². The molecule has 0 aromatic heterocycles. The average Bonchev–Trinajstić information content (AvgIpc) is 3.19. The SMILES string of the molecule is CC(=O)[C@H]1CCC2C3CCC4CC(OC(=O)C(CC(=O)C(C)C(C)C)C(C)C)CC[C@]4(C)C3CC[C@@]21C. The van der Waals surface area contributed by atoms with Crippen LogP contribution < -0.4 is 0 Å². The third kappa shape index (κ3) is 5.21. The van der Waals surface area contributed by atoms with Crippen LogP contribution in [0.25, 0.3) is 0 Å². The normalized spacial score (nSPS) is 40.9. The van der Waals surface area contributed by atoms with Gasteiger partial charge in [0.05, 0.1) is 5.92 Å². The maximum atomic E-state index is 13.3. The highest BCUT2D eigenvalue weighted by atomic mass is 16.5. The predicted octanol–water partition coefficient (Wildman–Crippen LogP) is 7.67. The van der Waals surface area contributed by atoms with Crippen LogP contribution in [0, 0.1) is 64.1 Å². The average molecular weight is 515 g/mol. The van der Waals surface area contributed by atoms with Crippen molar-refractivity contribution in [3.8, 4) is 0 Å². The molecule has 4 fully saturated rings. The summed E-state index contributed by atoms with van der Waals surface area (Å²) in [6.07, 6.45) is 10.6. The molecule has 0 N–H and O–H groups in total. The summed E-state index contributed by atoms with van der Waals surface area (Å²) < 4.78 is 6.18. The zero-order valence-corrected chi connectivity index (χ0v) is 25.0. The van der Waals surface area contributed by atoms with Crippen molar-refractivity contribution in [2.24, 2.45) is 64.1 Å². The van der Waals surface area contributed by atoms with Gasteiger partial charge in [0.15, 0.2) is 0 Å². The van der Waals surface area contributed by atoms with E-state index in [2.05, 4.69) is 27.7 Å². The summed E-state index contributed by atoms with van der Waals surface area (Å²) in [5.74, 6) is 3.52. The molecule has 0 heterocycles. The molecular formula is C33H54O4. The van der Waals surface area contributed by atoms with Crippen LogP contribution in [0.15, 0.2) is 0 Å². The molecule has 0 saturated heterocycles. The van der Waals surface area contributed by atoms with E-state index >= 15 is 0 Å². The Hall–Kier alpha value is -1.19. The second kappa shape index (κ2) is 10.8. The first-order chi connectivity index (χ1) is 17.3. The molecule has 4 aliphatic rings. The quantitative estimate of drug-likeness (QED) is 0.312. The van der Waals surface area contributed by atoms with Crippen LogP contribution in [0.5, 0.6) is 0 Å². The molecule has 4 heteroatoms. The van der Waals surface area contributed by atoms with E-state index in [1.54, 1.807) is 0 Å². The minimum atomic E-state index is -0.342. The van der Waals surface area contributed by atoms with E-state index in [1.807, 2.05) is 27.7 Å². The van der Waals surface area contributed by atoms with Crippen LogP contribution in [-0.4, -0.2) is 23.6 Å². The van der Waals surface area contributed by atoms with Crippen LogP contribution in [0.3, 0.4) is 0 Å². The first-order valence-electron chi connectivity index (χ1n) is 15.5. The molecule has 37 heavy (non-hydrogen) atoms. The van der Waals surface area contributed by atoms with Crippen LogP contribution in [0.4, 0.5) is 0 Å². The van der Waals surface area contributed by atoms with Gasteiger partial charge in [-0.25, -0.2) is 0 Å². The van der Waals surface area contributed by atoms with E-state index in [0.717, 1.165) is 37.5 Å². The zero-order chi connectivity index (χ0) is 27.3. The number of ketones is 2. The van der Waals surface area contributed by atoms with Gasteiger partial charge >= 0.3 is 5.97 Å². The number of hydrogen-bond acceptors (Lipinski definition) is 4. The molecule has 4 nitrogen and oxygen atoms in total. The zero-order valence-electron chi connectivity index (χ0n) is 25.0. The maximum absolute atomic E-state index is 13.3. The molecule has 0 aromatic carbocycles. The third-order valence-electron chi connectivity index (χ3n) is 12.4. The first kappa shape index (κ1) is 28.8. The molecule has 4 rings (SSSR count). The summed E-state index contributed by atoms with van der Waals surface area (Å²) in [7, 11) is 0. The highest BCUT2D eigenvalue weighted by Crippen LogP contribution is 2.67. The number of hydrogen-bond donors (Lipinski definition) is 0. The molecule has 4 aliphatic carbocycles.